The molecule has 0 saturated heterocycles. The van der Waals surface area contributed by atoms with E-state index in [4.69, 9.17) is 0 Å². The van der Waals surface area contributed by atoms with Crippen LogP contribution in [0.15, 0.2) is 18.2 Å². The van der Waals surface area contributed by atoms with Gasteiger partial charge >= 0.3 is 0 Å². The third-order valence-corrected chi connectivity index (χ3v) is 3.16. The SMILES string of the molecule is C=C/C(=C\c1sc(C)nc1C)C(C)C. The van der Waals surface area contributed by atoms with Crippen LogP contribution >= 0.6 is 11.3 Å². The van der Waals surface area contributed by atoms with Crippen molar-refractivity contribution in [2.45, 2.75) is 27.7 Å². The normalized spacial score (nSPS) is 12.2. The van der Waals surface area contributed by atoms with Gasteiger partial charge in [0.05, 0.1) is 15.6 Å². The van der Waals surface area contributed by atoms with Gasteiger partial charge in [0.1, 0.15) is 0 Å². The van der Waals surface area contributed by atoms with Crippen molar-refractivity contribution in [2.24, 2.45) is 5.92 Å². The fourth-order valence-electron chi connectivity index (χ4n) is 1.29. The van der Waals surface area contributed by atoms with Crippen LogP contribution in [0.4, 0.5) is 0 Å². The van der Waals surface area contributed by atoms with Crippen LogP contribution < -0.4 is 0 Å². The van der Waals surface area contributed by atoms with Crippen molar-refractivity contribution >= 4 is 17.4 Å². The lowest BCUT2D eigenvalue weighted by Gasteiger charge is -2.04. The van der Waals surface area contributed by atoms with Gasteiger partial charge < -0.3 is 0 Å². The Kier molecular flexibility index (Phi) is 3.64. The second-order valence-corrected chi connectivity index (χ2v) is 4.92. The molecule has 0 fully saturated rings. The Morgan fingerprint density at radius 2 is 2.07 bits per heavy atom. The van der Waals surface area contributed by atoms with Gasteiger partial charge in [-0.2, -0.15) is 0 Å². The topological polar surface area (TPSA) is 12.9 Å². The van der Waals surface area contributed by atoms with Crippen molar-refractivity contribution in [3.05, 3.63) is 33.8 Å². The van der Waals surface area contributed by atoms with Crippen LogP contribution in [0.5, 0.6) is 0 Å². The van der Waals surface area contributed by atoms with E-state index in [1.807, 2.05) is 13.0 Å². The van der Waals surface area contributed by atoms with Gasteiger partial charge in [0.2, 0.25) is 0 Å². The van der Waals surface area contributed by atoms with Crippen molar-refractivity contribution in [1.82, 2.24) is 4.98 Å². The van der Waals surface area contributed by atoms with Crippen molar-refractivity contribution in [3.8, 4) is 0 Å². The van der Waals surface area contributed by atoms with Crippen molar-refractivity contribution in [3.63, 3.8) is 0 Å². The van der Waals surface area contributed by atoms with E-state index in [2.05, 4.69) is 38.4 Å². The minimum absolute atomic E-state index is 0.523. The molecule has 1 aromatic rings. The first-order valence-electron chi connectivity index (χ1n) is 4.82. The molecule has 0 aromatic carbocycles. The van der Waals surface area contributed by atoms with Gasteiger partial charge in [0.15, 0.2) is 0 Å². The maximum atomic E-state index is 4.40. The third kappa shape index (κ3) is 2.55. The number of hydrogen-bond donors (Lipinski definition) is 0. The van der Waals surface area contributed by atoms with Crippen molar-refractivity contribution in [2.75, 3.05) is 0 Å². The molecule has 0 N–H and O–H groups in total. The molecule has 0 saturated carbocycles. The van der Waals surface area contributed by atoms with Crippen LogP contribution in [-0.2, 0) is 0 Å². The zero-order chi connectivity index (χ0) is 10.7. The van der Waals surface area contributed by atoms with Crippen LogP contribution in [0.2, 0.25) is 0 Å². The standard InChI is InChI=1S/C12H17NS/c1-6-11(8(2)3)7-12-9(4)13-10(5)14-12/h6-8H,1H2,2-5H3/b11-7+. The summed E-state index contributed by atoms with van der Waals surface area (Å²) in [4.78, 5) is 5.65. The Balaban J connectivity index is 3.05. The Morgan fingerprint density at radius 3 is 2.43 bits per heavy atom. The minimum Gasteiger partial charge on any atom is -0.246 e. The lowest BCUT2D eigenvalue weighted by atomic mass is 10.0. The molecule has 1 aromatic heterocycles. The summed E-state index contributed by atoms with van der Waals surface area (Å²) < 4.78 is 0. The van der Waals surface area contributed by atoms with Gasteiger partial charge in [-0.1, -0.05) is 26.5 Å². The van der Waals surface area contributed by atoms with Gasteiger partial charge in [0.25, 0.3) is 0 Å². The van der Waals surface area contributed by atoms with Gasteiger partial charge in [-0.05, 0) is 31.4 Å². The summed E-state index contributed by atoms with van der Waals surface area (Å²) in [5, 5.41) is 1.13. The molecule has 0 atom stereocenters. The van der Waals surface area contributed by atoms with Crippen LogP contribution in [0, 0.1) is 19.8 Å². The molecule has 1 nitrogen and oxygen atoms in total. The Morgan fingerprint density at radius 1 is 1.43 bits per heavy atom. The number of rotatable bonds is 3. The van der Waals surface area contributed by atoms with Crippen LogP contribution in [0.25, 0.3) is 6.08 Å². The Labute approximate surface area is 90.2 Å². The minimum atomic E-state index is 0.523. The molecule has 0 aliphatic heterocycles. The van der Waals surface area contributed by atoms with E-state index in [-0.39, 0.29) is 0 Å². The maximum absolute atomic E-state index is 4.40. The first-order valence-corrected chi connectivity index (χ1v) is 5.64. The first kappa shape index (κ1) is 11.2. The van der Waals surface area contributed by atoms with Crippen LogP contribution in [-0.4, -0.2) is 4.98 Å². The van der Waals surface area contributed by atoms with E-state index in [9.17, 15) is 0 Å². The van der Waals surface area contributed by atoms with E-state index in [1.54, 1.807) is 11.3 Å². The first-order chi connectivity index (χ1) is 6.54. The molecule has 1 rings (SSSR count). The van der Waals surface area contributed by atoms with E-state index < -0.39 is 0 Å². The summed E-state index contributed by atoms with van der Waals surface area (Å²) in [5.41, 5.74) is 2.39. The second-order valence-electron chi connectivity index (χ2n) is 3.69. The molecule has 0 amide bonds. The lowest BCUT2D eigenvalue weighted by Crippen LogP contribution is -1.89. The number of allylic oxidation sites excluding steroid dienone is 2. The molecule has 0 bridgehead atoms. The van der Waals surface area contributed by atoms with Gasteiger partial charge in [-0.3, -0.25) is 0 Å². The highest BCUT2D eigenvalue weighted by molar-refractivity contribution is 7.12. The molecule has 1 heterocycles. The Bertz CT molecular complexity index is 358. The molecule has 0 radical (unpaired) electrons. The summed E-state index contributed by atoms with van der Waals surface area (Å²) in [6, 6.07) is 0. The van der Waals surface area contributed by atoms with Crippen molar-refractivity contribution < 1.29 is 0 Å². The molecule has 14 heavy (non-hydrogen) atoms. The average Bonchev–Trinajstić information content (AvgIpc) is 2.40. The molecule has 0 aliphatic rings. The zero-order valence-corrected chi connectivity index (χ0v) is 10.1. The Hall–Kier alpha value is -0.890. The predicted molar refractivity (Wildman–Crippen MR) is 64.6 cm³/mol. The van der Waals surface area contributed by atoms with Gasteiger partial charge in [-0.25, -0.2) is 4.98 Å². The molecule has 76 valence electrons. The summed E-state index contributed by atoms with van der Waals surface area (Å²) in [5.74, 6) is 0.523. The predicted octanol–water partition coefficient (Wildman–Crippen LogP) is 3.99. The van der Waals surface area contributed by atoms with E-state index >= 15 is 0 Å². The molecular formula is C12H17NS. The van der Waals surface area contributed by atoms with Crippen LogP contribution in [0.1, 0.15) is 29.4 Å². The molecular weight excluding hydrogens is 190 g/mol. The summed E-state index contributed by atoms with van der Waals surface area (Å²) in [7, 11) is 0. The lowest BCUT2D eigenvalue weighted by molar-refractivity contribution is 0.798. The average molecular weight is 207 g/mol. The highest BCUT2D eigenvalue weighted by atomic mass is 32.1. The van der Waals surface area contributed by atoms with Gasteiger partial charge in [-0.15, -0.1) is 11.3 Å². The fraction of sp³-hybridized carbons (Fsp3) is 0.417. The molecule has 2 heteroatoms. The van der Waals surface area contributed by atoms with Gasteiger partial charge in [0, 0.05) is 0 Å². The number of nitrogens with zero attached hydrogens (tertiary/aromatic N) is 1. The molecule has 0 unspecified atom stereocenters. The second kappa shape index (κ2) is 4.56. The van der Waals surface area contributed by atoms with Crippen LogP contribution in [0.3, 0.4) is 0 Å². The number of aromatic nitrogens is 1. The quantitative estimate of drug-likeness (QED) is 0.683. The maximum Gasteiger partial charge on any atom is 0.0903 e. The number of hydrogen-bond acceptors (Lipinski definition) is 2. The monoisotopic (exact) mass is 207 g/mol. The molecule has 0 spiro atoms. The fourth-order valence-corrected chi connectivity index (χ4v) is 2.18. The zero-order valence-electron chi connectivity index (χ0n) is 9.29. The summed E-state index contributed by atoms with van der Waals surface area (Å²) in [6.45, 7) is 12.3. The van der Waals surface area contributed by atoms with E-state index in [0.29, 0.717) is 5.92 Å². The highest BCUT2D eigenvalue weighted by Crippen LogP contribution is 2.23. The molecule has 0 aliphatic carbocycles. The largest absolute Gasteiger partial charge is 0.246 e. The highest BCUT2D eigenvalue weighted by Gasteiger charge is 2.04. The summed E-state index contributed by atoms with van der Waals surface area (Å²) in [6.07, 6.45) is 4.12. The number of thiazole rings is 1. The smallest absolute Gasteiger partial charge is 0.0903 e. The van der Waals surface area contributed by atoms with E-state index in [1.165, 1.54) is 10.5 Å². The van der Waals surface area contributed by atoms with Crippen molar-refractivity contribution in [1.29, 1.82) is 0 Å². The number of aryl methyl sites for hydroxylation is 2. The van der Waals surface area contributed by atoms with E-state index in [0.717, 1.165) is 10.7 Å². The third-order valence-electron chi connectivity index (χ3n) is 2.14. The summed E-state index contributed by atoms with van der Waals surface area (Å²) >= 11 is 1.74.